The molecule has 102 valence electrons. The third kappa shape index (κ3) is 4.23. The number of carboxylic acids is 1. The normalized spacial score (nSPS) is 10.9. The number of rotatable bonds is 6. The van der Waals surface area contributed by atoms with Gasteiger partial charge in [-0.3, -0.25) is 0 Å². The van der Waals surface area contributed by atoms with E-state index in [4.69, 9.17) is 22.0 Å². The van der Waals surface area contributed by atoms with Gasteiger partial charge in [-0.25, -0.2) is 13.2 Å². The zero-order valence-electron chi connectivity index (χ0n) is 9.97. The summed E-state index contributed by atoms with van der Waals surface area (Å²) in [6.45, 7) is 0. The number of nitriles is 1. The van der Waals surface area contributed by atoms with E-state index in [9.17, 15) is 13.2 Å². The summed E-state index contributed by atoms with van der Waals surface area (Å²) in [5.74, 6) is -1.37. The molecule has 0 aliphatic heterocycles. The van der Waals surface area contributed by atoms with Crippen LogP contribution in [0, 0.1) is 11.3 Å². The molecule has 0 unspecified atom stereocenters. The highest BCUT2D eigenvalue weighted by Gasteiger charge is 2.19. The van der Waals surface area contributed by atoms with Gasteiger partial charge in [-0.1, -0.05) is 11.6 Å². The average Bonchev–Trinajstić information content (AvgIpc) is 2.34. The van der Waals surface area contributed by atoms with Crippen molar-refractivity contribution in [1.82, 2.24) is 0 Å². The number of benzene rings is 1. The number of unbranched alkanes of at least 4 members (excludes halogenated alkanes) is 2. The van der Waals surface area contributed by atoms with E-state index in [0.717, 1.165) is 6.07 Å². The number of aromatic carboxylic acids is 1. The van der Waals surface area contributed by atoms with Crippen LogP contribution >= 0.6 is 11.6 Å². The Hall–Kier alpha value is -1.58. The van der Waals surface area contributed by atoms with Crippen LogP contribution in [-0.4, -0.2) is 25.2 Å². The van der Waals surface area contributed by atoms with Crippen molar-refractivity contribution in [3.63, 3.8) is 0 Å². The molecule has 7 heteroatoms. The van der Waals surface area contributed by atoms with Gasteiger partial charge in [0.15, 0.2) is 9.84 Å². The van der Waals surface area contributed by atoms with Gasteiger partial charge in [-0.2, -0.15) is 5.26 Å². The topological polar surface area (TPSA) is 95.2 Å². The lowest BCUT2D eigenvalue weighted by molar-refractivity contribution is 0.0696. The first-order valence-corrected chi connectivity index (χ1v) is 7.54. The van der Waals surface area contributed by atoms with Gasteiger partial charge in [-0.15, -0.1) is 0 Å². The lowest BCUT2D eigenvalue weighted by atomic mass is 10.2. The van der Waals surface area contributed by atoms with Crippen molar-refractivity contribution >= 4 is 27.4 Å². The van der Waals surface area contributed by atoms with Crippen molar-refractivity contribution in [2.24, 2.45) is 0 Å². The van der Waals surface area contributed by atoms with Gasteiger partial charge in [0.05, 0.1) is 27.3 Å². The molecule has 0 spiro atoms. The van der Waals surface area contributed by atoms with Crippen LogP contribution in [0.2, 0.25) is 5.02 Å². The molecule has 0 saturated heterocycles. The monoisotopic (exact) mass is 301 g/mol. The van der Waals surface area contributed by atoms with Crippen LogP contribution in [-0.2, 0) is 9.84 Å². The van der Waals surface area contributed by atoms with Gasteiger partial charge in [0.25, 0.3) is 0 Å². The maximum Gasteiger partial charge on any atom is 0.335 e. The Morgan fingerprint density at radius 3 is 2.63 bits per heavy atom. The molecule has 0 radical (unpaired) electrons. The summed E-state index contributed by atoms with van der Waals surface area (Å²) in [6.07, 6.45) is 1.11. The fourth-order valence-electron chi connectivity index (χ4n) is 1.48. The number of hydrogen-bond acceptors (Lipinski definition) is 4. The number of halogens is 1. The van der Waals surface area contributed by atoms with E-state index in [1.165, 1.54) is 12.1 Å². The Balaban J connectivity index is 2.97. The lowest BCUT2D eigenvalue weighted by Gasteiger charge is -2.07. The highest BCUT2D eigenvalue weighted by Crippen LogP contribution is 2.24. The zero-order chi connectivity index (χ0) is 14.5. The molecule has 5 nitrogen and oxygen atoms in total. The van der Waals surface area contributed by atoms with Crippen LogP contribution in [0.1, 0.15) is 29.6 Å². The highest BCUT2D eigenvalue weighted by atomic mass is 35.5. The molecule has 1 aromatic carbocycles. The molecular formula is C12H12ClNO4S. The van der Waals surface area contributed by atoms with E-state index < -0.39 is 15.8 Å². The largest absolute Gasteiger partial charge is 0.478 e. The SMILES string of the molecule is N#CCCCCS(=O)(=O)c1cc(C(=O)O)ccc1Cl. The van der Waals surface area contributed by atoms with Crippen molar-refractivity contribution in [2.45, 2.75) is 24.2 Å². The van der Waals surface area contributed by atoms with Crippen LogP contribution in [0.4, 0.5) is 0 Å². The van der Waals surface area contributed by atoms with Crippen LogP contribution in [0.3, 0.4) is 0 Å². The summed E-state index contributed by atoms with van der Waals surface area (Å²) in [4.78, 5) is 10.6. The molecule has 0 saturated carbocycles. The van der Waals surface area contributed by atoms with Crippen LogP contribution in [0.5, 0.6) is 0 Å². The fourth-order valence-corrected chi connectivity index (χ4v) is 3.43. The maximum atomic E-state index is 12.0. The zero-order valence-corrected chi connectivity index (χ0v) is 11.5. The van der Waals surface area contributed by atoms with Crippen LogP contribution in [0.25, 0.3) is 0 Å². The molecule has 0 atom stereocenters. The molecule has 19 heavy (non-hydrogen) atoms. The van der Waals surface area contributed by atoms with E-state index in [-0.39, 0.29) is 21.2 Å². The van der Waals surface area contributed by atoms with Gasteiger partial charge in [0, 0.05) is 6.42 Å². The van der Waals surface area contributed by atoms with Gasteiger partial charge in [0.1, 0.15) is 0 Å². The minimum atomic E-state index is -3.63. The fraction of sp³-hybridized carbons (Fsp3) is 0.333. The van der Waals surface area contributed by atoms with Crippen LogP contribution in [0.15, 0.2) is 23.1 Å². The smallest absolute Gasteiger partial charge is 0.335 e. The number of nitrogens with zero attached hydrogens (tertiary/aromatic N) is 1. The molecule has 0 amide bonds. The Morgan fingerprint density at radius 1 is 1.37 bits per heavy atom. The minimum absolute atomic E-state index is 0.00489. The van der Waals surface area contributed by atoms with Crippen molar-refractivity contribution in [3.05, 3.63) is 28.8 Å². The molecular weight excluding hydrogens is 290 g/mol. The third-order valence-corrected chi connectivity index (χ3v) is 4.74. The van der Waals surface area contributed by atoms with Crippen molar-refractivity contribution in [3.8, 4) is 6.07 Å². The van der Waals surface area contributed by atoms with E-state index in [1.807, 2.05) is 6.07 Å². The third-order valence-electron chi connectivity index (χ3n) is 2.46. The second-order valence-corrected chi connectivity index (χ2v) is 6.37. The second-order valence-electron chi connectivity index (χ2n) is 3.88. The molecule has 0 fully saturated rings. The quantitative estimate of drug-likeness (QED) is 0.814. The predicted molar refractivity (Wildman–Crippen MR) is 69.9 cm³/mol. The number of carboxylic acid groups (broad SMARTS) is 1. The molecule has 0 heterocycles. The number of hydrogen-bond donors (Lipinski definition) is 1. The molecule has 1 N–H and O–H groups in total. The highest BCUT2D eigenvalue weighted by molar-refractivity contribution is 7.91. The summed E-state index contributed by atoms with van der Waals surface area (Å²) in [7, 11) is -3.63. The summed E-state index contributed by atoms with van der Waals surface area (Å²) < 4.78 is 24.1. The first-order chi connectivity index (χ1) is 8.88. The van der Waals surface area contributed by atoms with E-state index >= 15 is 0 Å². The van der Waals surface area contributed by atoms with E-state index in [2.05, 4.69) is 0 Å². The van der Waals surface area contributed by atoms with Gasteiger partial charge >= 0.3 is 5.97 Å². The maximum absolute atomic E-state index is 12.0. The second kappa shape index (κ2) is 6.55. The lowest BCUT2D eigenvalue weighted by Crippen LogP contribution is -2.09. The first kappa shape index (κ1) is 15.5. The molecule has 1 aromatic rings. The first-order valence-electron chi connectivity index (χ1n) is 5.51. The summed E-state index contributed by atoms with van der Waals surface area (Å²) in [6, 6.07) is 5.50. The standard InChI is InChI=1S/C12H12ClNO4S/c13-10-5-4-9(12(15)16)8-11(10)19(17,18)7-3-1-2-6-14/h4-5,8H,1-3,7H2,(H,15,16). The Kier molecular flexibility index (Phi) is 5.33. The summed E-state index contributed by atoms with van der Waals surface area (Å²) >= 11 is 5.80. The van der Waals surface area contributed by atoms with Gasteiger partial charge in [-0.05, 0) is 31.0 Å². The van der Waals surface area contributed by atoms with Gasteiger partial charge < -0.3 is 5.11 Å². The number of carbonyl (C=O) groups is 1. The minimum Gasteiger partial charge on any atom is -0.478 e. The summed E-state index contributed by atoms with van der Waals surface area (Å²) in [5, 5.41) is 17.2. The average molecular weight is 302 g/mol. The van der Waals surface area contributed by atoms with Gasteiger partial charge in [0.2, 0.25) is 0 Å². The molecule has 0 aromatic heterocycles. The Morgan fingerprint density at radius 2 is 2.05 bits per heavy atom. The van der Waals surface area contributed by atoms with Crippen molar-refractivity contribution < 1.29 is 18.3 Å². The molecule has 0 aliphatic carbocycles. The predicted octanol–water partition coefficient (Wildman–Crippen LogP) is 2.51. The van der Waals surface area contributed by atoms with Crippen LogP contribution < -0.4 is 0 Å². The van der Waals surface area contributed by atoms with Crippen molar-refractivity contribution in [1.29, 1.82) is 5.26 Å². The number of sulfone groups is 1. The molecule has 1 rings (SSSR count). The van der Waals surface area contributed by atoms with E-state index in [1.54, 1.807) is 0 Å². The summed E-state index contributed by atoms with van der Waals surface area (Å²) in [5.41, 5.74) is -0.125. The Bertz CT molecular complexity index is 619. The van der Waals surface area contributed by atoms with E-state index in [0.29, 0.717) is 19.3 Å². The van der Waals surface area contributed by atoms with Crippen molar-refractivity contribution in [2.75, 3.05) is 5.75 Å². The molecule has 0 aliphatic rings. The Labute approximate surface area is 116 Å². The molecule has 0 bridgehead atoms.